The minimum atomic E-state index is 0.358. The van der Waals surface area contributed by atoms with E-state index in [9.17, 15) is 0 Å². The molecule has 5 heteroatoms. The monoisotopic (exact) mass is 288 g/mol. The summed E-state index contributed by atoms with van der Waals surface area (Å²) < 4.78 is 1.03. The average molecular weight is 289 g/mol. The third kappa shape index (κ3) is 3.26. The van der Waals surface area contributed by atoms with Gasteiger partial charge in [-0.25, -0.2) is 9.97 Å². The molecule has 0 saturated carbocycles. The van der Waals surface area contributed by atoms with Crippen LogP contribution in [0.5, 0.6) is 0 Å². The van der Waals surface area contributed by atoms with Crippen LogP contribution in [-0.2, 0) is 6.54 Å². The maximum absolute atomic E-state index is 8.71. The highest BCUT2D eigenvalue weighted by molar-refractivity contribution is 9.10. The molecular formula is C12H9BrN4. The fourth-order valence-corrected chi connectivity index (χ4v) is 1.78. The van der Waals surface area contributed by atoms with Crippen LogP contribution >= 0.6 is 15.9 Å². The average Bonchev–Trinajstić information content (AvgIpc) is 2.37. The van der Waals surface area contributed by atoms with Gasteiger partial charge in [0.1, 0.15) is 11.8 Å². The van der Waals surface area contributed by atoms with Crippen LogP contribution in [0.3, 0.4) is 0 Å². The maximum Gasteiger partial charge on any atom is 0.224 e. The van der Waals surface area contributed by atoms with Crippen molar-refractivity contribution in [3.05, 3.63) is 52.3 Å². The van der Waals surface area contributed by atoms with Gasteiger partial charge in [0, 0.05) is 17.2 Å². The van der Waals surface area contributed by atoms with Crippen molar-refractivity contribution < 1.29 is 0 Å². The Kier molecular flexibility index (Phi) is 3.68. The van der Waals surface area contributed by atoms with Crippen LogP contribution in [0.2, 0.25) is 0 Å². The number of benzene rings is 1. The van der Waals surface area contributed by atoms with Crippen LogP contribution in [-0.4, -0.2) is 9.97 Å². The number of halogens is 1. The molecule has 0 fully saturated rings. The number of rotatable bonds is 3. The molecule has 0 radical (unpaired) electrons. The number of hydrogen-bond donors (Lipinski definition) is 1. The second-order valence-corrected chi connectivity index (χ2v) is 4.28. The molecule has 0 bridgehead atoms. The summed E-state index contributed by atoms with van der Waals surface area (Å²) in [5, 5.41) is 11.8. The van der Waals surface area contributed by atoms with E-state index in [1.807, 2.05) is 30.3 Å². The Hall–Kier alpha value is -1.93. The van der Waals surface area contributed by atoms with Gasteiger partial charge in [-0.3, -0.25) is 0 Å². The first-order valence-corrected chi connectivity index (χ1v) is 5.79. The lowest BCUT2D eigenvalue weighted by Gasteiger charge is -2.04. The molecule has 0 atom stereocenters. The van der Waals surface area contributed by atoms with Crippen molar-refractivity contribution in [1.29, 1.82) is 5.26 Å². The molecule has 0 aliphatic heterocycles. The van der Waals surface area contributed by atoms with Gasteiger partial charge in [0.25, 0.3) is 0 Å². The fourth-order valence-electron chi connectivity index (χ4n) is 1.33. The van der Waals surface area contributed by atoms with E-state index in [2.05, 4.69) is 31.2 Å². The summed E-state index contributed by atoms with van der Waals surface area (Å²) in [7, 11) is 0. The van der Waals surface area contributed by atoms with E-state index in [0.29, 0.717) is 18.2 Å². The number of hydrogen-bond acceptors (Lipinski definition) is 4. The van der Waals surface area contributed by atoms with E-state index in [1.165, 1.54) is 0 Å². The lowest BCUT2D eigenvalue weighted by Crippen LogP contribution is -2.03. The molecule has 0 spiro atoms. The molecule has 0 amide bonds. The molecule has 1 aromatic heterocycles. The number of nitrogens with zero attached hydrogens (tertiary/aromatic N) is 3. The van der Waals surface area contributed by atoms with Crippen molar-refractivity contribution in [1.82, 2.24) is 9.97 Å². The third-order valence-electron chi connectivity index (χ3n) is 2.11. The first-order valence-electron chi connectivity index (χ1n) is 4.99. The van der Waals surface area contributed by atoms with Crippen LogP contribution in [0.4, 0.5) is 5.95 Å². The first kappa shape index (κ1) is 11.6. The minimum Gasteiger partial charge on any atom is -0.350 e. The van der Waals surface area contributed by atoms with Crippen LogP contribution in [0.1, 0.15) is 11.3 Å². The van der Waals surface area contributed by atoms with Gasteiger partial charge in [-0.05, 0) is 23.8 Å². The topological polar surface area (TPSA) is 61.6 Å². The highest BCUT2D eigenvalue weighted by Crippen LogP contribution is 2.12. The standard InChI is InChI=1S/C12H9BrN4/c13-10-3-1-2-9(6-10)8-16-12-15-5-4-11(7-14)17-12/h1-6H,8H2,(H,15,16,17). The summed E-state index contributed by atoms with van der Waals surface area (Å²) >= 11 is 3.41. The van der Waals surface area contributed by atoms with E-state index in [1.54, 1.807) is 12.3 Å². The van der Waals surface area contributed by atoms with E-state index in [-0.39, 0.29) is 0 Å². The molecule has 2 aromatic rings. The van der Waals surface area contributed by atoms with Gasteiger partial charge in [-0.2, -0.15) is 5.26 Å². The second-order valence-electron chi connectivity index (χ2n) is 3.36. The fraction of sp³-hybridized carbons (Fsp3) is 0.0833. The summed E-state index contributed by atoms with van der Waals surface area (Å²) in [6.45, 7) is 0.619. The zero-order valence-electron chi connectivity index (χ0n) is 8.89. The lowest BCUT2D eigenvalue weighted by atomic mass is 10.2. The molecule has 1 N–H and O–H groups in total. The highest BCUT2D eigenvalue weighted by atomic mass is 79.9. The van der Waals surface area contributed by atoms with Crippen LogP contribution in [0.25, 0.3) is 0 Å². The van der Waals surface area contributed by atoms with Crippen LogP contribution in [0, 0.1) is 11.3 Å². The number of anilines is 1. The molecule has 0 unspecified atom stereocenters. The minimum absolute atomic E-state index is 0.358. The molecule has 2 rings (SSSR count). The van der Waals surface area contributed by atoms with Crippen molar-refractivity contribution in [2.75, 3.05) is 5.32 Å². The number of nitriles is 1. The number of aromatic nitrogens is 2. The lowest BCUT2D eigenvalue weighted by molar-refractivity contribution is 1.04. The first-order chi connectivity index (χ1) is 8.28. The normalized spacial score (nSPS) is 9.65. The Balaban J connectivity index is 2.05. The van der Waals surface area contributed by atoms with Gasteiger partial charge in [-0.15, -0.1) is 0 Å². The SMILES string of the molecule is N#Cc1ccnc(NCc2cccc(Br)c2)n1. The molecule has 0 aliphatic rings. The van der Waals surface area contributed by atoms with Gasteiger partial charge < -0.3 is 5.32 Å². The molecule has 17 heavy (non-hydrogen) atoms. The second kappa shape index (κ2) is 5.41. The Labute approximate surface area is 107 Å². The molecule has 84 valence electrons. The van der Waals surface area contributed by atoms with E-state index >= 15 is 0 Å². The van der Waals surface area contributed by atoms with Gasteiger partial charge in [-0.1, -0.05) is 28.1 Å². The van der Waals surface area contributed by atoms with E-state index in [4.69, 9.17) is 5.26 Å². The molecule has 4 nitrogen and oxygen atoms in total. The quantitative estimate of drug-likeness (QED) is 0.943. The van der Waals surface area contributed by atoms with Crippen LogP contribution in [0.15, 0.2) is 41.0 Å². The molecule has 0 aliphatic carbocycles. The van der Waals surface area contributed by atoms with Crippen molar-refractivity contribution >= 4 is 21.9 Å². The Bertz CT molecular complexity index is 562. The van der Waals surface area contributed by atoms with Gasteiger partial charge >= 0.3 is 0 Å². The summed E-state index contributed by atoms with van der Waals surface area (Å²) in [5.74, 6) is 0.462. The van der Waals surface area contributed by atoms with Crippen molar-refractivity contribution in [2.45, 2.75) is 6.54 Å². The largest absolute Gasteiger partial charge is 0.350 e. The molecule has 1 heterocycles. The van der Waals surface area contributed by atoms with Crippen LogP contribution < -0.4 is 5.32 Å². The summed E-state index contributed by atoms with van der Waals surface area (Å²) in [6, 6.07) is 11.5. The van der Waals surface area contributed by atoms with E-state index < -0.39 is 0 Å². The van der Waals surface area contributed by atoms with Crippen molar-refractivity contribution in [3.8, 4) is 6.07 Å². The van der Waals surface area contributed by atoms with Gasteiger partial charge in [0.05, 0.1) is 0 Å². The Morgan fingerprint density at radius 2 is 2.24 bits per heavy atom. The predicted octanol–water partition coefficient (Wildman–Crippen LogP) is 2.72. The summed E-state index contributed by atoms with van der Waals surface area (Å²) in [4.78, 5) is 8.07. The molecule has 0 saturated heterocycles. The molecular weight excluding hydrogens is 280 g/mol. The summed E-state index contributed by atoms with van der Waals surface area (Å²) in [5.41, 5.74) is 1.47. The third-order valence-corrected chi connectivity index (χ3v) is 2.60. The Morgan fingerprint density at radius 1 is 1.35 bits per heavy atom. The molecule has 1 aromatic carbocycles. The zero-order chi connectivity index (χ0) is 12.1. The van der Waals surface area contributed by atoms with Crippen molar-refractivity contribution in [3.63, 3.8) is 0 Å². The Morgan fingerprint density at radius 3 is 3.00 bits per heavy atom. The zero-order valence-corrected chi connectivity index (χ0v) is 10.5. The summed E-state index contributed by atoms with van der Waals surface area (Å²) in [6.07, 6.45) is 1.56. The smallest absolute Gasteiger partial charge is 0.224 e. The van der Waals surface area contributed by atoms with E-state index in [0.717, 1.165) is 10.0 Å². The van der Waals surface area contributed by atoms with Gasteiger partial charge in [0.15, 0.2) is 0 Å². The van der Waals surface area contributed by atoms with Gasteiger partial charge in [0.2, 0.25) is 5.95 Å². The predicted molar refractivity (Wildman–Crippen MR) is 68.2 cm³/mol. The highest BCUT2D eigenvalue weighted by Gasteiger charge is 1.98. The maximum atomic E-state index is 8.71. The van der Waals surface area contributed by atoms with Crippen molar-refractivity contribution in [2.24, 2.45) is 0 Å². The number of nitrogens with one attached hydrogen (secondary N) is 1.